The van der Waals surface area contributed by atoms with Crippen molar-refractivity contribution in [1.29, 1.82) is 0 Å². The maximum Gasteiger partial charge on any atom is 0.306 e. The van der Waals surface area contributed by atoms with Crippen LogP contribution < -0.4 is 0 Å². The lowest BCUT2D eigenvalue weighted by molar-refractivity contribution is -0.231. The summed E-state index contributed by atoms with van der Waals surface area (Å²) in [7, 11) is 0. The van der Waals surface area contributed by atoms with Gasteiger partial charge in [0.05, 0.1) is 6.10 Å². The molecule has 0 aromatic rings. The molecular formula is C27H34F4O5. The molecule has 36 heavy (non-hydrogen) atoms. The number of carbonyl (C=O) groups excluding carboxylic acids is 3. The molecule has 200 valence electrons. The molecule has 1 N–H and O–H groups in total. The second-order valence-electron chi connectivity index (χ2n) is 11.5. The highest BCUT2D eigenvalue weighted by atomic mass is 19.2. The van der Waals surface area contributed by atoms with E-state index in [9.17, 15) is 28.3 Å². The lowest BCUT2D eigenvalue weighted by atomic mass is 9.44. The largest absolute Gasteiger partial charge is 0.450 e. The van der Waals surface area contributed by atoms with E-state index in [1.165, 1.54) is 6.92 Å². The zero-order valence-corrected chi connectivity index (χ0v) is 21.1. The Morgan fingerprint density at radius 2 is 1.89 bits per heavy atom. The predicted octanol–water partition coefficient (Wildman–Crippen LogP) is 4.86. The van der Waals surface area contributed by atoms with Gasteiger partial charge in [0.15, 0.2) is 23.8 Å². The van der Waals surface area contributed by atoms with Crippen molar-refractivity contribution in [2.45, 2.75) is 89.8 Å². The summed E-state index contributed by atoms with van der Waals surface area (Å²) in [5.74, 6) is -6.75. The Labute approximate surface area is 208 Å². The summed E-state index contributed by atoms with van der Waals surface area (Å²) in [6.45, 7) is 4.93. The van der Waals surface area contributed by atoms with Gasteiger partial charge in [0.1, 0.15) is 6.17 Å². The summed E-state index contributed by atoms with van der Waals surface area (Å²) in [6, 6.07) is 0. The Bertz CT molecular complexity index is 1040. The second-order valence-corrected chi connectivity index (χ2v) is 11.5. The highest BCUT2D eigenvalue weighted by molar-refractivity contribution is 6.04. The van der Waals surface area contributed by atoms with Gasteiger partial charge in [0, 0.05) is 34.7 Å². The van der Waals surface area contributed by atoms with Gasteiger partial charge >= 0.3 is 5.97 Å². The number of rotatable bonds is 6. The molecule has 3 saturated carbocycles. The van der Waals surface area contributed by atoms with Gasteiger partial charge in [-0.2, -0.15) is 0 Å². The highest BCUT2D eigenvalue weighted by Crippen LogP contribution is 2.72. The predicted molar refractivity (Wildman–Crippen MR) is 123 cm³/mol. The number of esters is 1. The van der Waals surface area contributed by atoms with E-state index in [0.29, 0.717) is 12.8 Å². The van der Waals surface area contributed by atoms with Crippen LogP contribution in [0.3, 0.4) is 0 Å². The van der Waals surface area contributed by atoms with E-state index in [1.54, 1.807) is 13.8 Å². The molecule has 0 spiro atoms. The number of ether oxygens (including phenoxy) is 1. The number of allylic oxidation sites excluding steroid dienone is 4. The van der Waals surface area contributed by atoms with Crippen molar-refractivity contribution < 1.29 is 41.8 Å². The molecule has 0 aromatic carbocycles. The summed E-state index contributed by atoms with van der Waals surface area (Å²) in [6.07, 6.45) is -1.41. The maximum absolute atomic E-state index is 17.3. The summed E-state index contributed by atoms with van der Waals surface area (Å²) in [5, 5.41) is 11.4. The van der Waals surface area contributed by atoms with Crippen LogP contribution in [0.15, 0.2) is 23.6 Å². The molecule has 0 unspecified atom stereocenters. The fourth-order valence-corrected chi connectivity index (χ4v) is 8.14. The topological polar surface area (TPSA) is 80.7 Å². The number of aliphatic hydroxyl groups is 1. The number of ketones is 2. The van der Waals surface area contributed by atoms with E-state index in [4.69, 9.17) is 4.74 Å². The minimum absolute atomic E-state index is 0.0151. The van der Waals surface area contributed by atoms with Gasteiger partial charge in [0.2, 0.25) is 11.6 Å². The van der Waals surface area contributed by atoms with Gasteiger partial charge < -0.3 is 9.84 Å². The fourth-order valence-electron chi connectivity index (χ4n) is 8.14. The van der Waals surface area contributed by atoms with E-state index in [0.717, 1.165) is 12.2 Å². The maximum atomic E-state index is 17.3. The number of halogens is 4. The van der Waals surface area contributed by atoms with Crippen LogP contribution in [-0.4, -0.2) is 52.9 Å². The van der Waals surface area contributed by atoms with Gasteiger partial charge in [-0.1, -0.05) is 33.3 Å². The third-order valence-electron chi connectivity index (χ3n) is 9.79. The van der Waals surface area contributed by atoms with Gasteiger partial charge in [-0.3, -0.25) is 14.4 Å². The van der Waals surface area contributed by atoms with E-state index >= 15 is 8.78 Å². The normalized spacial score (nSPS) is 45.7. The first kappa shape index (κ1) is 27.0. The first-order valence-electron chi connectivity index (χ1n) is 12.7. The van der Waals surface area contributed by atoms with Crippen LogP contribution in [0, 0.1) is 28.6 Å². The molecule has 4 aliphatic carbocycles. The van der Waals surface area contributed by atoms with Crippen molar-refractivity contribution >= 4 is 17.5 Å². The first-order chi connectivity index (χ1) is 16.8. The number of fused-ring (bicyclic) bond motifs is 5. The van der Waals surface area contributed by atoms with Crippen LogP contribution in [-0.2, 0) is 19.1 Å². The molecule has 0 aliphatic heterocycles. The number of hydrogen-bond donors (Lipinski definition) is 1. The average molecular weight is 515 g/mol. The zero-order valence-electron chi connectivity index (χ0n) is 21.1. The van der Waals surface area contributed by atoms with Crippen LogP contribution in [0.25, 0.3) is 0 Å². The molecule has 4 rings (SSSR count). The first-order valence-corrected chi connectivity index (χ1v) is 12.7. The number of Topliss-reactive ketones (excluding diaryl/α,β-unsaturated/α-hetero) is 1. The molecule has 0 radical (unpaired) electrons. The number of hydrogen-bond acceptors (Lipinski definition) is 5. The monoisotopic (exact) mass is 514 g/mol. The molecule has 4 aliphatic rings. The highest BCUT2D eigenvalue weighted by Gasteiger charge is 2.78. The summed E-state index contributed by atoms with van der Waals surface area (Å²) in [4.78, 5) is 37.9. The average Bonchev–Trinajstić information content (AvgIpc) is 3.03. The second kappa shape index (κ2) is 8.77. The van der Waals surface area contributed by atoms with Crippen molar-refractivity contribution in [1.82, 2.24) is 0 Å². The van der Waals surface area contributed by atoms with Crippen LogP contribution >= 0.6 is 0 Å². The van der Waals surface area contributed by atoms with Gasteiger partial charge in [0.25, 0.3) is 0 Å². The van der Waals surface area contributed by atoms with Gasteiger partial charge in [-0.05, 0) is 44.6 Å². The van der Waals surface area contributed by atoms with Crippen molar-refractivity contribution in [2.24, 2.45) is 28.6 Å². The minimum Gasteiger partial charge on any atom is -0.450 e. The van der Waals surface area contributed by atoms with E-state index in [2.05, 4.69) is 0 Å². The van der Waals surface area contributed by atoms with Crippen molar-refractivity contribution in [3.05, 3.63) is 23.6 Å². The molecule has 0 aromatic heterocycles. The molecule has 0 heterocycles. The molecule has 3 fully saturated rings. The Morgan fingerprint density at radius 1 is 1.22 bits per heavy atom. The van der Waals surface area contributed by atoms with Gasteiger partial charge in [-0.25, -0.2) is 17.6 Å². The molecule has 0 bridgehead atoms. The Balaban J connectivity index is 1.85. The van der Waals surface area contributed by atoms with E-state index in [-0.39, 0.29) is 19.3 Å². The molecule has 9 heteroatoms. The lowest BCUT2D eigenvalue weighted by Gasteiger charge is -2.63. The van der Waals surface area contributed by atoms with Crippen LogP contribution in [0.5, 0.6) is 0 Å². The number of carbonyl (C=O) groups is 3. The third kappa shape index (κ3) is 3.19. The summed E-state index contributed by atoms with van der Waals surface area (Å²) >= 11 is 0. The molecule has 9 atom stereocenters. The van der Waals surface area contributed by atoms with E-state index < -0.39 is 94.2 Å². The molecule has 0 amide bonds. The third-order valence-corrected chi connectivity index (χ3v) is 9.79. The van der Waals surface area contributed by atoms with Gasteiger partial charge in [-0.15, -0.1) is 0 Å². The smallest absolute Gasteiger partial charge is 0.306 e. The number of aliphatic hydroxyl groups excluding tert-OH is 1. The number of unbranched alkanes of at least 4 members (excludes halogenated alkanes) is 1. The molecular weight excluding hydrogens is 480 g/mol. The van der Waals surface area contributed by atoms with Crippen LogP contribution in [0.1, 0.15) is 66.2 Å². The fraction of sp³-hybridized carbons (Fsp3) is 0.741. The standard InChI is InChI=1S/C27H34F4O5/c1-5-6-7-21(35)36-27(20(34)13-28)14(2)10-15-16-11-17(29)22-23(30)18(32)8-9-24(22,3)26(16,31)19(33)12-25(15,27)4/h8-9,14-17,19,33H,5-7,10-13H2,1-4H3/t14-,15-,16-,17-,19-,24-,25-,26-,27-/m0/s1. The Kier molecular flexibility index (Phi) is 6.59. The zero-order chi connectivity index (χ0) is 26.8. The van der Waals surface area contributed by atoms with Crippen molar-refractivity contribution in [3.63, 3.8) is 0 Å². The van der Waals surface area contributed by atoms with Crippen LogP contribution in [0.4, 0.5) is 17.6 Å². The SMILES string of the molecule is CCCCC(=O)O[C@]1(C(=O)CF)[C@@H](C)C[C@H]2[C@@H]3C[C@H](F)C4=C(F)C(=O)C=C[C@]4(C)[C@@]3(F)[C@@H](O)C[C@@]21C. The lowest BCUT2D eigenvalue weighted by Crippen LogP contribution is -2.71. The molecule has 0 saturated heterocycles. The molecule has 5 nitrogen and oxygen atoms in total. The van der Waals surface area contributed by atoms with Crippen molar-refractivity contribution in [2.75, 3.05) is 6.67 Å². The number of alkyl halides is 3. The van der Waals surface area contributed by atoms with Crippen molar-refractivity contribution in [3.8, 4) is 0 Å². The Hall–Kier alpha value is -2.03. The van der Waals surface area contributed by atoms with E-state index in [1.807, 2.05) is 6.92 Å². The Morgan fingerprint density at radius 3 is 2.50 bits per heavy atom. The minimum atomic E-state index is -2.57. The summed E-state index contributed by atoms with van der Waals surface area (Å²) in [5.41, 5.74) is -8.46. The summed E-state index contributed by atoms with van der Waals surface area (Å²) < 4.78 is 67.4. The quantitative estimate of drug-likeness (QED) is 0.405. The van der Waals surface area contributed by atoms with Crippen LogP contribution in [0.2, 0.25) is 0 Å².